The molecule has 1 heterocycles. The van der Waals surface area contributed by atoms with Gasteiger partial charge in [0.25, 0.3) is 0 Å². The van der Waals surface area contributed by atoms with E-state index in [-0.39, 0.29) is 35.6 Å². The Bertz CT molecular complexity index is 1130. The second-order valence-electron chi connectivity index (χ2n) is 12.5. The van der Waals surface area contributed by atoms with Crippen LogP contribution in [-0.2, 0) is 22.6 Å². The molecule has 0 aliphatic heterocycles. The Morgan fingerprint density at radius 2 is 2.00 bits per heavy atom. The van der Waals surface area contributed by atoms with Gasteiger partial charge in [0.2, 0.25) is 0 Å². The molecule has 0 saturated heterocycles. The van der Waals surface area contributed by atoms with Gasteiger partial charge in [0, 0.05) is 17.9 Å². The van der Waals surface area contributed by atoms with E-state index in [0.29, 0.717) is 17.9 Å². The summed E-state index contributed by atoms with van der Waals surface area (Å²) in [5.41, 5.74) is -0.534. The van der Waals surface area contributed by atoms with Crippen LogP contribution in [0.4, 0.5) is 0 Å². The van der Waals surface area contributed by atoms with Crippen LogP contribution in [0.2, 0.25) is 0 Å². The number of aliphatic hydroxyl groups excluding tert-OH is 2. The highest BCUT2D eigenvalue weighted by atomic mass is 16.5. The van der Waals surface area contributed by atoms with Crippen molar-refractivity contribution in [3.05, 3.63) is 40.3 Å². The van der Waals surface area contributed by atoms with Crippen molar-refractivity contribution in [3.63, 3.8) is 0 Å². The standard InChI is InChI=1S/C29H41NO6/c1-8-21-19(23(14(2)3)30-36-21)13-35-26-15(4)11-28-16(5)9-20-22(27(20,6)7)18(25(28)33)10-17(12-31)24(32)29(26,28)34/h10-11,14,16,18,20,22,24,26,31-32,34H,8-9,12-13H2,1-7H3/t16-,18+,20-,22+,24-,26+,28+,29+/m1/s1. The zero-order valence-corrected chi connectivity index (χ0v) is 22.5. The van der Waals surface area contributed by atoms with Crippen LogP contribution in [0.5, 0.6) is 0 Å². The van der Waals surface area contributed by atoms with Crippen LogP contribution in [0.25, 0.3) is 0 Å². The van der Waals surface area contributed by atoms with E-state index in [4.69, 9.17) is 9.26 Å². The van der Waals surface area contributed by atoms with E-state index in [1.165, 1.54) is 0 Å². The van der Waals surface area contributed by atoms with Gasteiger partial charge in [0.15, 0.2) is 5.78 Å². The van der Waals surface area contributed by atoms with Crippen LogP contribution in [0.15, 0.2) is 27.8 Å². The van der Waals surface area contributed by atoms with Gasteiger partial charge in [-0.05, 0) is 53.6 Å². The molecule has 4 aliphatic carbocycles. The van der Waals surface area contributed by atoms with Crippen molar-refractivity contribution in [2.75, 3.05) is 6.61 Å². The van der Waals surface area contributed by atoms with Gasteiger partial charge in [0.05, 0.1) is 24.3 Å². The third-order valence-corrected chi connectivity index (χ3v) is 10.1. The predicted molar refractivity (Wildman–Crippen MR) is 134 cm³/mol. The monoisotopic (exact) mass is 499 g/mol. The van der Waals surface area contributed by atoms with E-state index in [2.05, 4.69) is 19.0 Å². The second kappa shape index (κ2) is 8.35. The average Bonchev–Trinajstić information content (AvgIpc) is 3.11. The molecule has 198 valence electrons. The Labute approximate surface area is 213 Å². The molecule has 0 aromatic carbocycles. The number of hydrogen-bond acceptors (Lipinski definition) is 7. The van der Waals surface area contributed by atoms with Crippen LogP contribution in [0.1, 0.15) is 77.8 Å². The number of rotatable bonds is 6. The van der Waals surface area contributed by atoms with Gasteiger partial charge in [-0.25, -0.2) is 0 Å². The number of ketones is 1. The molecule has 0 radical (unpaired) electrons. The molecule has 4 aliphatic rings. The van der Waals surface area contributed by atoms with E-state index in [0.717, 1.165) is 29.0 Å². The Kier molecular flexibility index (Phi) is 5.99. The third kappa shape index (κ3) is 3.12. The lowest BCUT2D eigenvalue weighted by Crippen LogP contribution is -2.65. The number of ether oxygens (including phenoxy) is 1. The molecule has 1 aromatic heterocycles. The highest BCUT2D eigenvalue weighted by Gasteiger charge is 2.76. The van der Waals surface area contributed by atoms with Crippen LogP contribution in [-0.4, -0.2) is 50.7 Å². The molecule has 2 bridgehead atoms. The molecule has 8 atom stereocenters. The summed E-state index contributed by atoms with van der Waals surface area (Å²) >= 11 is 0. The number of aromatic nitrogens is 1. The summed E-state index contributed by atoms with van der Waals surface area (Å²) in [5, 5.41) is 38.8. The first-order valence-electron chi connectivity index (χ1n) is 13.4. The van der Waals surface area contributed by atoms with Crippen molar-refractivity contribution in [1.29, 1.82) is 0 Å². The second-order valence-corrected chi connectivity index (χ2v) is 12.5. The van der Waals surface area contributed by atoms with Crippen molar-refractivity contribution < 1.29 is 29.4 Å². The van der Waals surface area contributed by atoms with E-state index >= 15 is 0 Å². The number of allylic oxidation sites excluding steroid dienone is 1. The van der Waals surface area contributed by atoms with Gasteiger partial charge in [-0.2, -0.15) is 0 Å². The lowest BCUT2D eigenvalue weighted by molar-refractivity contribution is -0.201. The van der Waals surface area contributed by atoms with E-state index in [9.17, 15) is 20.1 Å². The molecule has 36 heavy (non-hydrogen) atoms. The van der Waals surface area contributed by atoms with Gasteiger partial charge in [-0.15, -0.1) is 0 Å². The number of carbonyl (C=O) groups is 1. The van der Waals surface area contributed by atoms with Crippen LogP contribution < -0.4 is 0 Å². The first-order valence-corrected chi connectivity index (χ1v) is 13.4. The van der Waals surface area contributed by atoms with Crippen LogP contribution in [0.3, 0.4) is 0 Å². The maximum absolute atomic E-state index is 14.4. The van der Waals surface area contributed by atoms with Crippen LogP contribution >= 0.6 is 0 Å². The zero-order chi connectivity index (χ0) is 26.4. The SMILES string of the molecule is CCc1onc(C(C)C)c1CO[C@H]1C(C)=C[C@]23C(=O)[C@@H](C=C(CO)[C@@H](O)[C@]12O)[C@H]1[C@@H](C[C@H]3C)C1(C)C. The lowest BCUT2D eigenvalue weighted by atomic mass is 9.59. The molecule has 0 amide bonds. The van der Waals surface area contributed by atoms with E-state index in [1.54, 1.807) is 6.08 Å². The lowest BCUT2D eigenvalue weighted by Gasteiger charge is -2.49. The Hall–Kier alpha value is -1.80. The summed E-state index contributed by atoms with van der Waals surface area (Å²) in [6, 6.07) is 0. The molecule has 1 spiro atoms. The Morgan fingerprint density at radius 3 is 2.61 bits per heavy atom. The smallest absolute Gasteiger partial charge is 0.153 e. The molecular formula is C29H41NO6. The minimum Gasteiger partial charge on any atom is -0.392 e. The molecular weight excluding hydrogens is 458 g/mol. The summed E-state index contributed by atoms with van der Waals surface area (Å²) in [4.78, 5) is 14.4. The number of aryl methyl sites for hydroxylation is 1. The first kappa shape index (κ1) is 25.8. The zero-order valence-electron chi connectivity index (χ0n) is 22.5. The van der Waals surface area contributed by atoms with Crippen molar-refractivity contribution in [3.8, 4) is 0 Å². The molecule has 5 rings (SSSR count). The summed E-state index contributed by atoms with van der Waals surface area (Å²) < 4.78 is 12.0. The fourth-order valence-corrected chi connectivity index (χ4v) is 8.08. The number of aliphatic hydroxyl groups is 3. The average molecular weight is 500 g/mol. The maximum atomic E-state index is 14.4. The highest BCUT2D eigenvalue weighted by molar-refractivity contribution is 5.95. The van der Waals surface area contributed by atoms with Gasteiger partial charge in [-0.1, -0.05) is 58.9 Å². The van der Waals surface area contributed by atoms with E-state index < -0.39 is 35.7 Å². The largest absolute Gasteiger partial charge is 0.392 e. The van der Waals surface area contributed by atoms with Crippen LogP contribution in [0, 0.1) is 34.5 Å². The fourth-order valence-electron chi connectivity index (χ4n) is 8.08. The molecule has 0 unspecified atom stereocenters. The predicted octanol–water partition coefficient (Wildman–Crippen LogP) is 3.71. The van der Waals surface area contributed by atoms with Crippen molar-refractivity contribution >= 4 is 5.78 Å². The molecule has 1 aromatic rings. The van der Waals surface area contributed by atoms with Crippen molar-refractivity contribution in [2.45, 2.75) is 91.6 Å². The molecule has 7 nitrogen and oxygen atoms in total. The number of fused-ring (bicyclic) bond motifs is 3. The normalized spacial score (nSPS) is 40.8. The van der Waals surface area contributed by atoms with Crippen molar-refractivity contribution in [1.82, 2.24) is 5.16 Å². The molecule has 2 saturated carbocycles. The van der Waals surface area contributed by atoms with Crippen molar-refractivity contribution in [2.24, 2.45) is 34.5 Å². The summed E-state index contributed by atoms with van der Waals surface area (Å²) in [7, 11) is 0. The minimum absolute atomic E-state index is 0.00597. The first-order chi connectivity index (χ1) is 16.9. The van der Waals surface area contributed by atoms with Gasteiger partial charge in [0.1, 0.15) is 23.6 Å². The maximum Gasteiger partial charge on any atom is 0.153 e. The number of hydrogen-bond donors (Lipinski definition) is 3. The topological polar surface area (TPSA) is 113 Å². The van der Waals surface area contributed by atoms with E-state index in [1.807, 2.05) is 40.7 Å². The summed E-state index contributed by atoms with van der Waals surface area (Å²) in [6.45, 7) is 14.1. The van der Waals surface area contributed by atoms with Gasteiger partial charge >= 0.3 is 0 Å². The Morgan fingerprint density at radius 1 is 1.31 bits per heavy atom. The fraction of sp³-hybridized carbons (Fsp3) is 0.724. The molecule has 2 fully saturated rings. The minimum atomic E-state index is -1.93. The number of Topliss-reactive ketones (excluding diaryl/α,β-unsaturated/α-hetero) is 1. The number of nitrogens with zero attached hydrogens (tertiary/aromatic N) is 1. The highest BCUT2D eigenvalue weighted by Crippen LogP contribution is 2.71. The number of carbonyl (C=O) groups excluding carboxylic acids is 1. The molecule has 7 heteroatoms. The van der Waals surface area contributed by atoms with Gasteiger partial charge < -0.3 is 24.6 Å². The quantitative estimate of drug-likeness (QED) is 0.511. The van der Waals surface area contributed by atoms with Gasteiger partial charge in [-0.3, -0.25) is 4.79 Å². The summed E-state index contributed by atoms with van der Waals surface area (Å²) in [5.74, 6) is 0.628. The summed E-state index contributed by atoms with van der Waals surface area (Å²) in [6.07, 6.45) is 2.72. The Balaban J connectivity index is 1.59. The third-order valence-electron chi connectivity index (χ3n) is 10.1. The molecule has 3 N–H and O–H groups in total.